The van der Waals surface area contributed by atoms with Crippen molar-refractivity contribution in [3.63, 3.8) is 0 Å². The molecule has 1 aromatic heterocycles. The number of anilines is 5. The highest BCUT2D eigenvalue weighted by molar-refractivity contribution is 6.06. The summed E-state index contributed by atoms with van der Waals surface area (Å²) >= 11 is 0. The van der Waals surface area contributed by atoms with E-state index in [0.717, 1.165) is 69.2 Å². The molecule has 17 heteroatoms. The van der Waals surface area contributed by atoms with Crippen molar-refractivity contribution in [2.45, 2.75) is 44.0 Å². The first-order valence-electron chi connectivity index (χ1n) is 19.3. The van der Waals surface area contributed by atoms with Crippen LogP contribution in [0.2, 0.25) is 0 Å². The van der Waals surface area contributed by atoms with E-state index in [0.29, 0.717) is 41.9 Å². The number of carbonyl (C=O) groups excluding carboxylic acids is 5. The number of hydrogen-bond donors (Lipinski definition) is 4. The SMILES string of the molecule is CN1CCN([C@H]2CCCN(c3cnc(C(N)=O)c(Nc4ccc(N5CC6CN(c7ccc8c(c7)C(=O)N(C7CCC(=O)NC7=O)C8O)CC6C5)cc4)n3)C2)C1=O. The zero-order valence-corrected chi connectivity index (χ0v) is 31.1. The van der Waals surface area contributed by atoms with Gasteiger partial charge in [-0.05, 0) is 55.7 Å². The van der Waals surface area contributed by atoms with Gasteiger partial charge >= 0.3 is 6.03 Å². The molecule has 17 nitrogen and oxygen atoms in total. The molecule has 5 N–H and O–H groups in total. The van der Waals surface area contributed by atoms with E-state index in [9.17, 15) is 29.1 Å². The van der Waals surface area contributed by atoms with E-state index in [4.69, 9.17) is 10.7 Å². The number of benzene rings is 2. The van der Waals surface area contributed by atoms with Gasteiger partial charge in [0, 0.05) is 106 Å². The maximum absolute atomic E-state index is 13.4. The molecule has 5 atom stereocenters. The van der Waals surface area contributed by atoms with E-state index < -0.39 is 30.0 Å². The molecular weight excluding hydrogens is 719 g/mol. The number of aliphatic hydroxyl groups is 1. The Kier molecular flexibility index (Phi) is 8.90. The van der Waals surface area contributed by atoms with Crippen LogP contribution in [0.1, 0.15) is 58.3 Å². The fourth-order valence-electron chi connectivity index (χ4n) is 9.34. The third-order valence-electron chi connectivity index (χ3n) is 12.3. The minimum Gasteiger partial charge on any atom is -0.371 e. The normalized spacial score (nSPS) is 26.3. The molecule has 5 saturated heterocycles. The number of piperidine rings is 2. The van der Waals surface area contributed by atoms with Crippen molar-refractivity contribution in [2.24, 2.45) is 17.6 Å². The van der Waals surface area contributed by atoms with Crippen LogP contribution in [0.15, 0.2) is 48.7 Å². The van der Waals surface area contributed by atoms with Crippen molar-refractivity contribution in [1.82, 2.24) is 30.0 Å². The molecule has 0 bridgehead atoms. The number of primary amides is 1. The summed E-state index contributed by atoms with van der Waals surface area (Å²) in [4.78, 5) is 83.5. The summed E-state index contributed by atoms with van der Waals surface area (Å²) in [6.45, 7) is 6.21. The Balaban J connectivity index is 0.831. The van der Waals surface area contributed by atoms with Gasteiger partial charge in [-0.15, -0.1) is 0 Å². The van der Waals surface area contributed by atoms with Gasteiger partial charge in [0.25, 0.3) is 11.8 Å². The van der Waals surface area contributed by atoms with Gasteiger partial charge in [0.05, 0.1) is 12.2 Å². The van der Waals surface area contributed by atoms with Crippen molar-refractivity contribution in [2.75, 3.05) is 79.4 Å². The van der Waals surface area contributed by atoms with Gasteiger partial charge in [-0.25, -0.2) is 14.8 Å². The minimum absolute atomic E-state index is 0.0511. The molecule has 56 heavy (non-hydrogen) atoms. The largest absolute Gasteiger partial charge is 0.371 e. The average Bonchev–Trinajstić information content (AvgIpc) is 3.93. The van der Waals surface area contributed by atoms with Crippen molar-refractivity contribution in [3.8, 4) is 0 Å². The van der Waals surface area contributed by atoms with Crippen LogP contribution in [0.4, 0.5) is 33.5 Å². The zero-order valence-electron chi connectivity index (χ0n) is 31.1. The molecule has 0 aliphatic carbocycles. The van der Waals surface area contributed by atoms with Crippen molar-refractivity contribution >= 4 is 58.4 Å². The molecular formula is C39H45N11O6. The number of nitrogens with one attached hydrogen (secondary N) is 2. The summed E-state index contributed by atoms with van der Waals surface area (Å²) in [5.74, 6) is -0.288. The van der Waals surface area contributed by atoms with Gasteiger partial charge in [0.2, 0.25) is 11.8 Å². The molecule has 6 aliphatic rings. The van der Waals surface area contributed by atoms with Crippen molar-refractivity contribution < 1.29 is 29.1 Å². The lowest BCUT2D eigenvalue weighted by molar-refractivity contribution is -0.139. The van der Waals surface area contributed by atoms with Crippen LogP contribution in [0.25, 0.3) is 0 Å². The van der Waals surface area contributed by atoms with Crippen LogP contribution < -0.4 is 31.1 Å². The van der Waals surface area contributed by atoms with Crippen LogP contribution >= 0.6 is 0 Å². The lowest BCUT2D eigenvalue weighted by atomic mass is 10.0. The topological polar surface area (TPSA) is 201 Å². The lowest BCUT2D eigenvalue weighted by Crippen LogP contribution is -2.53. The molecule has 3 aromatic rings. The quantitative estimate of drug-likeness (QED) is 0.241. The molecule has 6 aliphatic heterocycles. The first-order chi connectivity index (χ1) is 27.0. The standard InChI is InChI=1S/C39H45N11O6/c1-45-13-14-49(39(45)56)27-3-2-12-46(21-27)31-16-41-33(34(40)52)35(43-31)42-24-4-6-25(7-5-24)47-17-22-19-48(20-23(22)18-47)26-8-9-28-29(15-26)38(55)50(37(28)54)30-10-11-32(51)44-36(30)53/h4-9,15-16,22-23,27,30,37,54H,2-3,10-14,17-21H2,1H3,(H2,40,52)(H,42,43)(H,44,51,53)/t22?,23?,27-,30?,37?/m0/s1. The van der Waals surface area contributed by atoms with Crippen LogP contribution in [0.5, 0.6) is 0 Å². The van der Waals surface area contributed by atoms with E-state index in [-0.39, 0.29) is 42.3 Å². The number of fused-ring (bicyclic) bond motifs is 2. The number of aromatic nitrogens is 2. The van der Waals surface area contributed by atoms with Crippen molar-refractivity contribution in [1.29, 1.82) is 0 Å². The Bertz CT molecular complexity index is 2100. The van der Waals surface area contributed by atoms with Gasteiger partial charge in [-0.3, -0.25) is 29.4 Å². The smallest absolute Gasteiger partial charge is 0.320 e. The number of likely N-dealkylation sites (N-methyl/N-ethyl adjacent to an activating group) is 1. The Hall–Kier alpha value is -5.97. The number of urea groups is 1. The summed E-state index contributed by atoms with van der Waals surface area (Å²) < 4.78 is 0. The maximum Gasteiger partial charge on any atom is 0.320 e. The summed E-state index contributed by atoms with van der Waals surface area (Å²) in [6.07, 6.45) is 2.47. The number of nitrogens with two attached hydrogens (primary N) is 1. The summed E-state index contributed by atoms with van der Waals surface area (Å²) in [5, 5.41) is 16.5. The Morgan fingerprint density at radius 3 is 2.29 bits per heavy atom. The van der Waals surface area contributed by atoms with Crippen LogP contribution in [0, 0.1) is 11.8 Å². The second kappa shape index (κ2) is 14.0. The number of carbonyl (C=O) groups is 5. The predicted molar refractivity (Wildman–Crippen MR) is 205 cm³/mol. The minimum atomic E-state index is -1.24. The first-order valence-corrected chi connectivity index (χ1v) is 19.3. The van der Waals surface area contributed by atoms with Gasteiger partial charge in [-0.2, -0.15) is 0 Å². The van der Waals surface area contributed by atoms with Crippen LogP contribution in [0.3, 0.4) is 0 Å². The van der Waals surface area contributed by atoms with E-state index in [1.54, 1.807) is 17.2 Å². The third kappa shape index (κ3) is 6.28. The third-order valence-corrected chi connectivity index (χ3v) is 12.3. The summed E-state index contributed by atoms with van der Waals surface area (Å²) in [7, 11) is 1.82. The molecule has 0 radical (unpaired) electrons. The van der Waals surface area contributed by atoms with Crippen LogP contribution in [-0.4, -0.2) is 131 Å². The number of hydrogen-bond acceptors (Lipinski definition) is 12. The fourth-order valence-corrected chi connectivity index (χ4v) is 9.34. The maximum atomic E-state index is 13.4. The highest BCUT2D eigenvalue weighted by Crippen LogP contribution is 2.41. The summed E-state index contributed by atoms with van der Waals surface area (Å²) in [6, 6.07) is 12.8. The molecule has 6 amide bonds. The molecule has 7 heterocycles. The van der Waals surface area contributed by atoms with E-state index in [1.807, 2.05) is 48.3 Å². The van der Waals surface area contributed by atoms with Crippen molar-refractivity contribution in [3.05, 3.63) is 65.5 Å². The van der Waals surface area contributed by atoms with E-state index in [2.05, 4.69) is 30.3 Å². The molecule has 0 saturated carbocycles. The lowest BCUT2D eigenvalue weighted by Gasteiger charge is -2.37. The van der Waals surface area contributed by atoms with E-state index >= 15 is 0 Å². The number of aliphatic hydroxyl groups excluding tert-OH is 1. The molecule has 2 aromatic carbocycles. The zero-order chi connectivity index (χ0) is 38.8. The fraction of sp³-hybridized carbons (Fsp3) is 0.462. The highest BCUT2D eigenvalue weighted by Gasteiger charge is 2.46. The molecule has 9 rings (SSSR count). The van der Waals surface area contributed by atoms with Gasteiger partial charge in [0.1, 0.15) is 11.9 Å². The Labute approximate surface area is 323 Å². The van der Waals surface area contributed by atoms with E-state index in [1.165, 1.54) is 4.90 Å². The Morgan fingerprint density at radius 1 is 0.893 bits per heavy atom. The Morgan fingerprint density at radius 2 is 1.61 bits per heavy atom. The van der Waals surface area contributed by atoms with Gasteiger partial charge in [-0.1, -0.05) is 6.07 Å². The summed E-state index contributed by atoms with van der Waals surface area (Å²) in [5.41, 5.74) is 9.34. The molecule has 0 spiro atoms. The monoisotopic (exact) mass is 763 g/mol. The molecule has 292 valence electrons. The highest BCUT2D eigenvalue weighted by atomic mass is 16.3. The second-order valence-electron chi connectivity index (χ2n) is 15.8. The van der Waals surface area contributed by atoms with Crippen LogP contribution in [-0.2, 0) is 9.59 Å². The van der Waals surface area contributed by atoms with Gasteiger partial charge in [0.15, 0.2) is 17.7 Å². The number of imide groups is 1. The average molecular weight is 764 g/mol. The van der Waals surface area contributed by atoms with Gasteiger partial charge < -0.3 is 40.7 Å². The molecule has 4 unspecified atom stereocenters. The number of nitrogens with zero attached hydrogens (tertiary/aromatic N) is 8. The number of amides is 6. The number of rotatable bonds is 8. The second-order valence-corrected chi connectivity index (χ2v) is 15.8. The predicted octanol–water partition coefficient (Wildman–Crippen LogP) is 1.48. The molecule has 5 fully saturated rings. The first kappa shape index (κ1) is 35.7.